The van der Waals surface area contributed by atoms with E-state index in [2.05, 4.69) is 0 Å². The number of ether oxygens (including phenoxy) is 4. The Labute approximate surface area is 154 Å². The molecule has 1 aliphatic heterocycles. The lowest BCUT2D eigenvalue weighted by Crippen LogP contribution is -2.55. The SMILES string of the molecule is COC1=CC(=O)C(C=O)C(C)C12Oc1c(Cl)c(OC)cc(OC)c1C2=O. The molecule has 1 spiro atoms. The van der Waals surface area contributed by atoms with E-state index in [0.717, 1.165) is 6.08 Å². The van der Waals surface area contributed by atoms with Gasteiger partial charge in [0.05, 0.1) is 27.2 Å². The summed E-state index contributed by atoms with van der Waals surface area (Å²) in [5.74, 6) is -2.22. The van der Waals surface area contributed by atoms with Gasteiger partial charge in [-0.25, -0.2) is 0 Å². The summed E-state index contributed by atoms with van der Waals surface area (Å²) in [6.45, 7) is 1.59. The number of ketones is 2. The third kappa shape index (κ3) is 2.16. The Morgan fingerprint density at radius 1 is 1.15 bits per heavy atom. The van der Waals surface area contributed by atoms with Crippen LogP contribution in [0.5, 0.6) is 17.2 Å². The summed E-state index contributed by atoms with van der Waals surface area (Å²) in [7, 11) is 4.15. The zero-order chi connectivity index (χ0) is 19.2. The number of fused-ring (bicyclic) bond motifs is 1. The summed E-state index contributed by atoms with van der Waals surface area (Å²) in [6, 6.07) is 1.48. The molecule has 0 fully saturated rings. The van der Waals surface area contributed by atoms with Gasteiger partial charge in [-0.1, -0.05) is 18.5 Å². The Balaban J connectivity index is 2.29. The molecule has 26 heavy (non-hydrogen) atoms. The number of Topliss-reactive ketones (excluding diaryl/α,β-unsaturated/α-hetero) is 1. The van der Waals surface area contributed by atoms with Crippen LogP contribution in [0.1, 0.15) is 17.3 Å². The Kier molecular flexibility index (Phi) is 4.44. The minimum absolute atomic E-state index is 0.0198. The summed E-state index contributed by atoms with van der Waals surface area (Å²) in [5.41, 5.74) is -1.56. The number of halogens is 1. The predicted molar refractivity (Wildman–Crippen MR) is 91.1 cm³/mol. The molecule has 0 saturated heterocycles. The maximum atomic E-state index is 13.4. The second-order valence-corrected chi connectivity index (χ2v) is 6.41. The molecule has 0 amide bonds. The van der Waals surface area contributed by atoms with Gasteiger partial charge in [0.2, 0.25) is 11.4 Å². The number of allylic oxidation sites excluding steroid dienone is 1. The molecule has 2 aliphatic rings. The standard InChI is InChI=1S/C18H17ClO7/c1-8-9(7-20)10(21)5-13(25-4)18(8)17(22)14-11(23-2)6-12(24-3)15(19)16(14)26-18/h5-9H,1-4H3. The van der Waals surface area contributed by atoms with Gasteiger partial charge < -0.3 is 23.7 Å². The lowest BCUT2D eigenvalue weighted by atomic mass is 9.70. The Morgan fingerprint density at radius 2 is 1.81 bits per heavy atom. The van der Waals surface area contributed by atoms with Gasteiger partial charge in [0.15, 0.2) is 17.3 Å². The van der Waals surface area contributed by atoms with E-state index in [1.165, 1.54) is 27.4 Å². The zero-order valence-corrected chi connectivity index (χ0v) is 15.4. The third-order valence-electron chi connectivity index (χ3n) is 4.93. The second-order valence-electron chi connectivity index (χ2n) is 6.03. The van der Waals surface area contributed by atoms with Crippen molar-refractivity contribution >= 4 is 29.5 Å². The molecule has 0 bridgehead atoms. The molecule has 0 aromatic heterocycles. The first-order valence-electron chi connectivity index (χ1n) is 7.80. The highest BCUT2D eigenvalue weighted by atomic mass is 35.5. The predicted octanol–water partition coefficient (Wildman–Crippen LogP) is 2.24. The number of methoxy groups -OCH3 is 3. The Hall–Kier alpha value is -2.54. The number of carbonyl (C=O) groups is 3. The van der Waals surface area contributed by atoms with Crippen LogP contribution in [0.3, 0.4) is 0 Å². The number of hydrogen-bond acceptors (Lipinski definition) is 7. The molecule has 1 aromatic rings. The van der Waals surface area contributed by atoms with Crippen LogP contribution >= 0.6 is 11.6 Å². The minimum atomic E-state index is -1.68. The first kappa shape index (κ1) is 18.3. The van der Waals surface area contributed by atoms with Crippen LogP contribution in [0.4, 0.5) is 0 Å². The van der Waals surface area contributed by atoms with Crippen LogP contribution < -0.4 is 14.2 Å². The van der Waals surface area contributed by atoms with E-state index in [0.29, 0.717) is 6.29 Å². The van der Waals surface area contributed by atoms with Crippen LogP contribution in [0.25, 0.3) is 0 Å². The molecular weight excluding hydrogens is 364 g/mol. The van der Waals surface area contributed by atoms with E-state index < -0.39 is 29.0 Å². The van der Waals surface area contributed by atoms with Gasteiger partial charge >= 0.3 is 0 Å². The fourth-order valence-corrected chi connectivity index (χ4v) is 3.78. The van der Waals surface area contributed by atoms with Crippen molar-refractivity contribution in [3.63, 3.8) is 0 Å². The maximum absolute atomic E-state index is 13.4. The van der Waals surface area contributed by atoms with Crippen molar-refractivity contribution in [2.75, 3.05) is 21.3 Å². The molecule has 8 heteroatoms. The molecule has 3 atom stereocenters. The minimum Gasteiger partial charge on any atom is -0.496 e. The average Bonchev–Trinajstić information content (AvgIpc) is 2.94. The summed E-state index contributed by atoms with van der Waals surface area (Å²) < 4.78 is 21.8. The molecule has 1 heterocycles. The molecule has 0 saturated carbocycles. The second kappa shape index (κ2) is 6.32. The van der Waals surface area contributed by atoms with Crippen molar-refractivity contribution in [3.8, 4) is 17.2 Å². The smallest absolute Gasteiger partial charge is 0.231 e. The average molecular weight is 381 g/mol. The number of aldehydes is 1. The highest BCUT2D eigenvalue weighted by molar-refractivity contribution is 6.35. The van der Waals surface area contributed by atoms with Gasteiger partial charge in [0.25, 0.3) is 0 Å². The van der Waals surface area contributed by atoms with Gasteiger partial charge in [-0.15, -0.1) is 0 Å². The third-order valence-corrected chi connectivity index (χ3v) is 5.29. The molecule has 7 nitrogen and oxygen atoms in total. The highest BCUT2D eigenvalue weighted by Crippen LogP contribution is 2.55. The van der Waals surface area contributed by atoms with Crippen molar-refractivity contribution in [1.82, 2.24) is 0 Å². The van der Waals surface area contributed by atoms with Gasteiger partial charge in [-0.3, -0.25) is 9.59 Å². The quantitative estimate of drug-likeness (QED) is 0.584. The van der Waals surface area contributed by atoms with Crippen LogP contribution in [0, 0.1) is 11.8 Å². The van der Waals surface area contributed by atoms with E-state index in [1.807, 2.05) is 0 Å². The monoisotopic (exact) mass is 380 g/mol. The highest BCUT2D eigenvalue weighted by Gasteiger charge is 2.62. The van der Waals surface area contributed by atoms with Crippen molar-refractivity contribution in [1.29, 1.82) is 0 Å². The summed E-state index contributed by atoms with van der Waals surface area (Å²) in [5, 5.41) is 0.0933. The largest absolute Gasteiger partial charge is 0.496 e. The first-order valence-corrected chi connectivity index (χ1v) is 8.18. The van der Waals surface area contributed by atoms with Crippen LogP contribution in [-0.2, 0) is 14.3 Å². The molecule has 3 rings (SSSR count). The maximum Gasteiger partial charge on any atom is 0.231 e. The van der Waals surface area contributed by atoms with Crippen LogP contribution in [0.15, 0.2) is 17.9 Å². The summed E-state index contributed by atoms with van der Waals surface area (Å²) >= 11 is 6.33. The van der Waals surface area contributed by atoms with Gasteiger partial charge in [0, 0.05) is 18.1 Å². The van der Waals surface area contributed by atoms with Gasteiger partial charge in [0.1, 0.15) is 28.4 Å². The molecule has 1 aromatic carbocycles. The topological polar surface area (TPSA) is 88.1 Å². The van der Waals surface area contributed by atoms with Crippen molar-refractivity contribution < 1.29 is 33.3 Å². The number of rotatable bonds is 4. The van der Waals surface area contributed by atoms with Gasteiger partial charge in [-0.05, 0) is 0 Å². The molecular formula is C18H17ClO7. The molecule has 138 valence electrons. The fourth-order valence-electron chi connectivity index (χ4n) is 3.52. The lowest BCUT2D eigenvalue weighted by molar-refractivity contribution is -0.130. The van der Waals surface area contributed by atoms with E-state index in [-0.39, 0.29) is 33.6 Å². The zero-order valence-electron chi connectivity index (χ0n) is 14.6. The van der Waals surface area contributed by atoms with Crippen LogP contribution in [0.2, 0.25) is 5.02 Å². The number of hydrogen-bond donors (Lipinski definition) is 0. The summed E-state index contributed by atoms with van der Waals surface area (Å²) in [4.78, 5) is 37.0. The first-order chi connectivity index (χ1) is 12.4. The number of benzene rings is 1. The Bertz CT molecular complexity index is 844. The molecule has 1 aliphatic carbocycles. The fraction of sp³-hybridized carbons (Fsp3) is 0.389. The van der Waals surface area contributed by atoms with E-state index >= 15 is 0 Å². The van der Waals surface area contributed by atoms with E-state index in [4.69, 9.17) is 30.5 Å². The van der Waals surface area contributed by atoms with E-state index in [1.54, 1.807) is 6.92 Å². The van der Waals surface area contributed by atoms with E-state index in [9.17, 15) is 14.4 Å². The molecule has 0 radical (unpaired) electrons. The number of carbonyl (C=O) groups excluding carboxylic acids is 3. The van der Waals surface area contributed by atoms with Gasteiger partial charge in [-0.2, -0.15) is 0 Å². The van der Waals surface area contributed by atoms with Crippen LogP contribution in [-0.4, -0.2) is 44.8 Å². The van der Waals surface area contributed by atoms with Crippen molar-refractivity contribution in [2.45, 2.75) is 12.5 Å². The Morgan fingerprint density at radius 3 is 2.35 bits per heavy atom. The molecule has 3 unspecified atom stereocenters. The normalized spacial score (nSPS) is 26.9. The molecule has 0 N–H and O–H groups in total. The van der Waals surface area contributed by atoms with Crippen molar-refractivity contribution in [3.05, 3.63) is 28.5 Å². The van der Waals surface area contributed by atoms with Crippen molar-refractivity contribution in [2.24, 2.45) is 11.8 Å². The lowest BCUT2D eigenvalue weighted by Gasteiger charge is -2.38. The summed E-state index contributed by atoms with van der Waals surface area (Å²) in [6.07, 6.45) is 1.64.